The van der Waals surface area contributed by atoms with Gasteiger partial charge in [-0.1, -0.05) is 18.2 Å². The van der Waals surface area contributed by atoms with Gasteiger partial charge in [0.1, 0.15) is 11.6 Å². The number of nitrogens with two attached hydrogens (primary N) is 1. The van der Waals surface area contributed by atoms with Gasteiger partial charge in [-0.2, -0.15) is 0 Å². The molecule has 6 nitrogen and oxygen atoms in total. The molecule has 7 heteroatoms. The molecular formula is C25H26FN3O3. The Morgan fingerprint density at radius 2 is 1.94 bits per heavy atom. The number of likely N-dealkylation sites (tertiary alicyclic amines) is 1. The number of fused-ring (bicyclic) bond motifs is 1. The maximum atomic E-state index is 13.6. The molecule has 2 amide bonds. The van der Waals surface area contributed by atoms with Crippen LogP contribution < -0.4 is 10.5 Å². The minimum absolute atomic E-state index is 0.0501. The summed E-state index contributed by atoms with van der Waals surface area (Å²) in [6.45, 7) is 4.90. The van der Waals surface area contributed by atoms with Gasteiger partial charge in [-0.15, -0.1) is 0 Å². The van der Waals surface area contributed by atoms with Crippen LogP contribution in [0.3, 0.4) is 0 Å². The molecule has 0 bridgehead atoms. The average Bonchev–Trinajstić information content (AvgIpc) is 2.77. The van der Waals surface area contributed by atoms with Crippen molar-refractivity contribution >= 4 is 22.7 Å². The van der Waals surface area contributed by atoms with E-state index in [0.717, 1.165) is 29.7 Å². The molecule has 1 saturated heterocycles. The molecule has 32 heavy (non-hydrogen) atoms. The molecule has 1 unspecified atom stereocenters. The lowest BCUT2D eigenvalue weighted by atomic mass is 9.90. The number of aryl methyl sites for hydroxylation is 2. The fourth-order valence-electron chi connectivity index (χ4n) is 4.35. The van der Waals surface area contributed by atoms with Crippen LogP contribution in [-0.2, 0) is 4.79 Å². The maximum Gasteiger partial charge on any atom is 0.260 e. The highest BCUT2D eigenvalue weighted by atomic mass is 19.1. The zero-order valence-electron chi connectivity index (χ0n) is 18.2. The number of hydrogen-bond donors (Lipinski definition) is 1. The average molecular weight is 435 g/mol. The van der Waals surface area contributed by atoms with Crippen molar-refractivity contribution in [2.75, 3.05) is 19.7 Å². The minimum atomic E-state index is -0.611. The molecule has 1 aliphatic rings. The van der Waals surface area contributed by atoms with Crippen molar-refractivity contribution in [2.45, 2.75) is 32.6 Å². The van der Waals surface area contributed by atoms with Crippen LogP contribution in [0.4, 0.5) is 4.39 Å². The summed E-state index contributed by atoms with van der Waals surface area (Å²) >= 11 is 0. The van der Waals surface area contributed by atoms with Gasteiger partial charge < -0.3 is 15.4 Å². The highest BCUT2D eigenvalue weighted by molar-refractivity contribution is 5.98. The van der Waals surface area contributed by atoms with Gasteiger partial charge in [0.25, 0.3) is 11.8 Å². The van der Waals surface area contributed by atoms with Crippen LogP contribution in [0.15, 0.2) is 42.5 Å². The number of rotatable bonds is 5. The van der Waals surface area contributed by atoms with Crippen molar-refractivity contribution in [1.29, 1.82) is 0 Å². The summed E-state index contributed by atoms with van der Waals surface area (Å²) in [7, 11) is 0. The Morgan fingerprint density at radius 1 is 1.19 bits per heavy atom. The Balaban J connectivity index is 1.54. The molecule has 0 spiro atoms. The smallest absolute Gasteiger partial charge is 0.260 e. The van der Waals surface area contributed by atoms with Crippen molar-refractivity contribution in [2.24, 2.45) is 5.73 Å². The van der Waals surface area contributed by atoms with Crippen LogP contribution >= 0.6 is 0 Å². The third kappa shape index (κ3) is 4.42. The van der Waals surface area contributed by atoms with Crippen molar-refractivity contribution in [3.8, 4) is 5.75 Å². The second-order valence-electron chi connectivity index (χ2n) is 8.31. The van der Waals surface area contributed by atoms with Crippen molar-refractivity contribution < 1.29 is 18.7 Å². The largest absolute Gasteiger partial charge is 0.483 e. The summed E-state index contributed by atoms with van der Waals surface area (Å²) in [5, 5.41) is 0.522. The lowest BCUT2D eigenvalue weighted by Gasteiger charge is -2.33. The number of aromatic nitrogens is 1. The summed E-state index contributed by atoms with van der Waals surface area (Å²) in [6, 6.07) is 11.7. The second-order valence-corrected chi connectivity index (χ2v) is 8.31. The highest BCUT2D eigenvalue weighted by Crippen LogP contribution is 2.30. The van der Waals surface area contributed by atoms with Crippen LogP contribution in [0.5, 0.6) is 5.75 Å². The minimum Gasteiger partial charge on any atom is -0.483 e. The molecule has 1 atom stereocenters. The normalized spacial score (nSPS) is 16.2. The van der Waals surface area contributed by atoms with Gasteiger partial charge in [-0.05, 0) is 62.1 Å². The Bertz CT molecular complexity index is 1170. The number of primary amides is 1. The van der Waals surface area contributed by atoms with E-state index in [2.05, 4.69) is 4.98 Å². The molecule has 1 aromatic heterocycles. The number of para-hydroxylation sites is 1. The topological polar surface area (TPSA) is 85.5 Å². The van der Waals surface area contributed by atoms with Crippen LogP contribution in [0.2, 0.25) is 0 Å². The van der Waals surface area contributed by atoms with E-state index in [1.54, 1.807) is 17.0 Å². The monoisotopic (exact) mass is 435 g/mol. The summed E-state index contributed by atoms with van der Waals surface area (Å²) in [5.74, 6) is -0.527. The second kappa shape index (κ2) is 8.94. The Kier molecular flexibility index (Phi) is 6.08. The van der Waals surface area contributed by atoms with Gasteiger partial charge in [0, 0.05) is 24.4 Å². The maximum absolute atomic E-state index is 13.6. The molecular weight excluding hydrogens is 409 g/mol. The number of ether oxygens (including phenoxy) is 1. The number of pyridine rings is 1. The molecule has 2 heterocycles. The lowest BCUT2D eigenvalue weighted by molar-refractivity contribution is -0.134. The quantitative estimate of drug-likeness (QED) is 0.659. The van der Waals surface area contributed by atoms with E-state index in [1.165, 1.54) is 12.1 Å². The fourth-order valence-corrected chi connectivity index (χ4v) is 4.35. The molecule has 0 saturated carbocycles. The summed E-state index contributed by atoms with van der Waals surface area (Å²) < 4.78 is 19.4. The zero-order valence-corrected chi connectivity index (χ0v) is 18.2. The molecule has 2 N–H and O–H groups in total. The predicted octanol–water partition coefficient (Wildman–Crippen LogP) is 3.87. The van der Waals surface area contributed by atoms with Gasteiger partial charge in [0.05, 0.1) is 16.8 Å². The van der Waals surface area contributed by atoms with Gasteiger partial charge in [0.15, 0.2) is 6.61 Å². The fraction of sp³-hybridized carbons (Fsp3) is 0.320. The van der Waals surface area contributed by atoms with E-state index in [-0.39, 0.29) is 24.0 Å². The number of hydrogen-bond acceptors (Lipinski definition) is 4. The lowest BCUT2D eigenvalue weighted by Crippen LogP contribution is -2.42. The molecule has 0 radical (unpaired) electrons. The Hall–Kier alpha value is -3.48. The van der Waals surface area contributed by atoms with E-state index >= 15 is 0 Å². The van der Waals surface area contributed by atoms with Crippen LogP contribution in [0.1, 0.15) is 45.9 Å². The summed E-state index contributed by atoms with van der Waals surface area (Å²) in [4.78, 5) is 31.4. The summed E-state index contributed by atoms with van der Waals surface area (Å²) in [5.41, 5.74) is 9.00. The number of carbonyl (C=O) groups is 2. The van der Waals surface area contributed by atoms with Crippen molar-refractivity contribution in [3.05, 3.63) is 70.7 Å². The third-order valence-electron chi connectivity index (χ3n) is 5.98. The van der Waals surface area contributed by atoms with Crippen LogP contribution in [-0.4, -0.2) is 41.4 Å². The van der Waals surface area contributed by atoms with Gasteiger partial charge in [-0.3, -0.25) is 14.6 Å². The standard InChI is InChI=1S/C25H26FN3O3/c1-15-5-3-6-16(2)24(15)32-14-22(30)29-10-4-7-17(13-29)23-20(25(27)31)12-18-11-19(26)8-9-21(18)28-23/h3,5-6,8-9,11-12,17H,4,7,10,13-14H2,1-2H3,(H2,27,31). The van der Waals surface area contributed by atoms with Crippen molar-refractivity contribution in [1.82, 2.24) is 9.88 Å². The van der Waals surface area contributed by atoms with E-state index < -0.39 is 11.7 Å². The van der Waals surface area contributed by atoms with E-state index in [1.807, 2.05) is 32.0 Å². The van der Waals surface area contributed by atoms with Gasteiger partial charge in [0.2, 0.25) is 0 Å². The third-order valence-corrected chi connectivity index (χ3v) is 5.98. The molecule has 4 rings (SSSR count). The molecule has 1 fully saturated rings. The zero-order chi connectivity index (χ0) is 22.8. The number of amides is 2. The molecule has 1 aliphatic heterocycles. The number of carbonyl (C=O) groups excluding carboxylic acids is 2. The predicted molar refractivity (Wildman–Crippen MR) is 120 cm³/mol. The van der Waals surface area contributed by atoms with E-state index in [0.29, 0.717) is 29.7 Å². The molecule has 0 aliphatic carbocycles. The van der Waals surface area contributed by atoms with E-state index in [4.69, 9.17) is 10.5 Å². The van der Waals surface area contributed by atoms with Crippen LogP contribution in [0, 0.1) is 19.7 Å². The molecule has 2 aromatic carbocycles. The molecule has 3 aromatic rings. The SMILES string of the molecule is Cc1cccc(C)c1OCC(=O)N1CCCC(c2nc3ccc(F)cc3cc2C(N)=O)C1. The van der Waals surface area contributed by atoms with Crippen LogP contribution in [0.25, 0.3) is 10.9 Å². The number of benzene rings is 2. The van der Waals surface area contributed by atoms with Crippen molar-refractivity contribution in [3.63, 3.8) is 0 Å². The first-order valence-electron chi connectivity index (χ1n) is 10.7. The highest BCUT2D eigenvalue weighted by Gasteiger charge is 2.29. The number of nitrogens with zero attached hydrogens (tertiary/aromatic N) is 2. The first kappa shape index (κ1) is 21.7. The first-order valence-corrected chi connectivity index (χ1v) is 10.7. The molecule has 166 valence electrons. The van der Waals surface area contributed by atoms with Gasteiger partial charge >= 0.3 is 0 Å². The first-order chi connectivity index (χ1) is 15.3. The number of halogens is 1. The summed E-state index contributed by atoms with van der Waals surface area (Å²) in [6.07, 6.45) is 1.56. The number of piperidine rings is 1. The Morgan fingerprint density at radius 3 is 2.66 bits per heavy atom. The van der Waals surface area contributed by atoms with E-state index in [9.17, 15) is 14.0 Å². The van der Waals surface area contributed by atoms with Gasteiger partial charge in [-0.25, -0.2) is 4.39 Å². The Labute approximate surface area is 186 Å².